The van der Waals surface area contributed by atoms with Gasteiger partial charge in [0.1, 0.15) is 6.26 Å². The first-order chi connectivity index (χ1) is 10.3. The van der Waals surface area contributed by atoms with Crippen LogP contribution in [-0.4, -0.2) is 53.8 Å². The molecule has 1 aliphatic carbocycles. The van der Waals surface area contributed by atoms with Crippen LogP contribution in [0, 0.1) is 5.92 Å². The lowest BCUT2D eigenvalue weighted by atomic mass is 9.70. The predicted molar refractivity (Wildman–Crippen MR) is 74.8 cm³/mol. The maximum absolute atomic E-state index is 12.2. The van der Waals surface area contributed by atoms with E-state index >= 15 is 0 Å². The molecule has 114 valence electrons. The number of amides is 1. The summed E-state index contributed by atoms with van der Waals surface area (Å²) < 4.78 is 10.6. The normalized spacial score (nSPS) is 36.0. The first kappa shape index (κ1) is 13.3. The van der Waals surface area contributed by atoms with Gasteiger partial charge in [-0.1, -0.05) is 11.6 Å². The van der Waals surface area contributed by atoms with Crippen LogP contribution in [0.5, 0.6) is 0 Å². The molecule has 1 aromatic heterocycles. The second-order valence-electron chi connectivity index (χ2n) is 6.26. The van der Waals surface area contributed by atoms with Crippen molar-refractivity contribution in [1.82, 2.24) is 15.4 Å². The SMILES string of the molecule is O=C(N[C@@H]1[C@@H]2CCO[C@@H]2[C@H]1N1CCCCC1)c1ccon1. The summed E-state index contributed by atoms with van der Waals surface area (Å²) in [5.74, 6) is 0.314. The molecule has 3 fully saturated rings. The van der Waals surface area contributed by atoms with Gasteiger partial charge in [-0.2, -0.15) is 0 Å². The first-order valence-corrected chi connectivity index (χ1v) is 7.91. The third-order valence-electron chi connectivity index (χ3n) is 5.13. The van der Waals surface area contributed by atoms with Gasteiger partial charge in [-0.25, -0.2) is 0 Å². The van der Waals surface area contributed by atoms with Gasteiger partial charge in [0.2, 0.25) is 0 Å². The Morgan fingerprint density at radius 3 is 2.95 bits per heavy atom. The molecule has 2 aliphatic heterocycles. The highest BCUT2D eigenvalue weighted by Gasteiger charge is 2.56. The lowest BCUT2D eigenvalue weighted by Crippen LogP contribution is -2.71. The minimum atomic E-state index is -0.138. The van der Waals surface area contributed by atoms with E-state index in [2.05, 4.69) is 15.4 Å². The average Bonchev–Trinajstić information content (AvgIpc) is 3.16. The second kappa shape index (κ2) is 5.42. The molecule has 4 rings (SSSR count). The van der Waals surface area contributed by atoms with Gasteiger partial charge in [-0.05, 0) is 32.4 Å². The molecule has 0 bridgehead atoms. The molecule has 1 aromatic rings. The minimum absolute atomic E-state index is 0.138. The Morgan fingerprint density at radius 2 is 2.19 bits per heavy atom. The number of carbonyl (C=O) groups excluding carboxylic acids is 1. The van der Waals surface area contributed by atoms with Crippen LogP contribution in [-0.2, 0) is 4.74 Å². The van der Waals surface area contributed by atoms with Gasteiger partial charge in [-0.3, -0.25) is 9.69 Å². The molecule has 1 N–H and O–H groups in total. The molecular weight excluding hydrogens is 270 g/mol. The van der Waals surface area contributed by atoms with Crippen LogP contribution in [0.25, 0.3) is 0 Å². The number of fused-ring (bicyclic) bond motifs is 1. The number of hydrogen-bond acceptors (Lipinski definition) is 5. The number of rotatable bonds is 3. The fraction of sp³-hybridized carbons (Fsp3) is 0.733. The summed E-state index contributed by atoms with van der Waals surface area (Å²) in [5, 5.41) is 6.87. The number of piperidine rings is 1. The third-order valence-corrected chi connectivity index (χ3v) is 5.13. The van der Waals surface area contributed by atoms with Crippen molar-refractivity contribution < 1.29 is 14.1 Å². The van der Waals surface area contributed by atoms with Crippen molar-refractivity contribution in [3.63, 3.8) is 0 Å². The summed E-state index contributed by atoms with van der Waals surface area (Å²) in [5.41, 5.74) is 0.356. The van der Waals surface area contributed by atoms with Gasteiger partial charge in [-0.15, -0.1) is 0 Å². The van der Waals surface area contributed by atoms with Crippen LogP contribution in [0.4, 0.5) is 0 Å². The first-order valence-electron chi connectivity index (χ1n) is 7.91. The number of likely N-dealkylation sites (tertiary alicyclic amines) is 1. The van der Waals surface area contributed by atoms with Gasteiger partial charge < -0.3 is 14.6 Å². The van der Waals surface area contributed by atoms with Crippen molar-refractivity contribution in [1.29, 1.82) is 0 Å². The summed E-state index contributed by atoms with van der Waals surface area (Å²) in [4.78, 5) is 14.7. The quantitative estimate of drug-likeness (QED) is 0.901. The van der Waals surface area contributed by atoms with Crippen LogP contribution in [0.3, 0.4) is 0 Å². The Labute approximate surface area is 123 Å². The smallest absolute Gasteiger partial charge is 0.273 e. The van der Waals surface area contributed by atoms with Crippen molar-refractivity contribution in [2.24, 2.45) is 5.92 Å². The highest BCUT2D eigenvalue weighted by atomic mass is 16.5. The molecule has 0 aromatic carbocycles. The Morgan fingerprint density at radius 1 is 1.33 bits per heavy atom. The Balaban J connectivity index is 1.47. The number of nitrogens with one attached hydrogen (secondary N) is 1. The lowest BCUT2D eigenvalue weighted by molar-refractivity contribution is -0.0862. The molecule has 0 unspecified atom stereocenters. The average molecular weight is 291 g/mol. The van der Waals surface area contributed by atoms with E-state index in [4.69, 9.17) is 9.26 Å². The molecule has 2 saturated heterocycles. The maximum atomic E-state index is 12.2. The largest absolute Gasteiger partial charge is 0.376 e. The van der Waals surface area contributed by atoms with E-state index in [0.717, 1.165) is 26.1 Å². The molecule has 4 atom stereocenters. The molecule has 0 radical (unpaired) electrons. The standard InChI is InChI=1S/C15H21N3O3/c19-15(11-5-9-21-17-11)16-12-10-4-8-20-14(10)13(12)18-6-2-1-3-7-18/h5,9-10,12-14H,1-4,6-8H2,(H,16,19)/t10-,12+,13-,14-/m0/s1. The van der Waals surface area contributed by atoms with Crippen molar-refractivity contribution in [2.75, 3.05) is 19.7 Å². The molecule has 3 aliphatic rings. The van der Waals surface area contributed by atoms with Crippen LogP contribution in [0.15, 0.2) is 16.9 Å². The lowest BCUT2D eigenvalue weighted by Gasteiger charge is -2.53. The van der Waals surface area contributed by atoms with Crippen molar-refractivity contribution in [3.8, 4) is 0 Å². The molecule has 1 saturated carbocycles. The van der Waals surface area contributed by atoms with Gasteiger partial charge in [0.15, 0.2) is 5.69 Å². The summed E-state index contributed by atoms with van der Waals surface area (Å²) in [7, 11) is 0. The van der Waals surface area contributed by atoms with E-state index in [1.54, 1.807) is 6.07 Å². The molecular formula is C15H21N3O3. The zero-order valence-electron chi connectivity index (χ0n) is 12.0. The van der Waals surface area contributed by atoms with Crippen LogP contribution < -0.4 is 5.32 Å². The zero-order valence-corrected chi connectivity index (χ0v) is 12.0. The predicted octanol–water partition coefficient (Wildman–Crippen LogP) is 1.05. The van der Waals surface area contributed by atoms with E-state index in [-0.39, 0.29) is 11.9 Å². The summed E-state index contributed by atoms with van der Waals surface area (Å²) in [6.07, 6.45) is 6.58. The van der Waals surface area contributed by atoms with Gasteiger partial charge >= 0.3 is 0 Å². The van der Waals surface area contributed by atoms with Crippen molar-refractivity contribution in [3.05, 3.63) is 18.0 Å². The fourth-order valence-corrected chi connectivity index (χ4v) is 4.07. The van der Waals surface area contributed by atoms with E-state index in [9.17, 15) is 4.79 Å². The number of ether oxygens (including phenoxy) is 1. The fourth-order valence-electron chi connectivity index (χ4n) is 4.07. The Hall–Kier alpha value is -1.40. The highest BCUT2D eigenvalue weighted by molar-refractivity contribution is 5.92. The molecule has 21 heavy (non-hydrogen) atoms. The van der Waals surface area contributed by atoms with E-state index in [1.165, 1.54) is 25.5 Å². The third kappa shape index (κ3) is 2.26. The number of aromatic nitrogens is 1. The topological polar surface area (TPSA) is 67.6 Å². The molecule has 3 heterocycles. The van der Waals surface area contributed by atoms with Crippen molar-refractivity contribution >= 4 is 5.91 Å². The molecule has 0 spiro atoms. The second-order valence-corrected chi connectivity index (χ2v) is 6.26. The minimum Gasteiger partial charge on any atom is -0.376 e. The highest BCUT2D eigenvalue weighted by Crippen LogP contribution is 2.42. The van der Waals surface area contributed by atoms with Crippen molar-refractivity contribution in [2.45, 2.75) is 43.9 Å². The molecule has 6 nitrogen and oxygen atoms in total. The zero-order chi connectivity index (χ0) is 14.2. The molecule has 6 heteroatoms. The van der Waals surface area contributed by atoms with Crippen LogP contribution >= 0.6 is 0 Å². The number of carbonyl (C=O) groups is 1. The Kier molecular flexibility index (Phi) is 3.43. The van der Waals surface area contributed by atoms with Crippen LogP contribution in [0.2, 0.25) is 0 Å². The van der Waals surface area contributed by atoms with E-state index in [1.807, 2.05) is 0 Å². The van der Waals surface area contributed by atoms with Gasteiger partial charge in [0.05, 0.1) is 18.2 Å². The Bertz CT molecular complexity index is 498. The summed E-state index contributed by atoms with van der Waals surface area (Å²) in [6, 6.07) is 2.11. The summed E-state index contributed by atoms with van der Waals surface area (Å²) in [6.45, 7) is 3.05. The maximum Gasteiger partial charge on any atom is 0.273 e. The number of hydrogen-bond donors (Lipinski definition) is 1. The van der Waals surface area contributed by atoms with E-state index in [0.29, 0.717) is 23.8 Å². The monoisotopic (exact) mass is 291 g/mol. The van der Waals surface area contributed by atoms with E-state index < -0.39 is 0 Å². The molecule has 1 amide bonds. The van der Waals surface area contributed by atoms with Gasteiger partial charge in [0.25, 0.3) is 5.91 Å². The summed E-state index contributed by atoms with van der Waals surface area (Å²) >= 11 is 0. The van der Waals surface area contributed by atoms with Gasteiger partial charge in [0, 0.05) is 18.6 Å². The number of nitrogens with zero attached hydrogens (tertiary/aromatic N) is 2. The van der Waals surface area contributed by atoms with Crippen LogP contribution in [0.1, 0.15) is 36.2 Å².